The Morgan fingerprint density at radius 1 is 1.03 bits per heavy atom. The third-order valence-electron chi connectivity index (χ3n) is 6.55. The molecule has 2 aliphatic heterocycles. The maximum absolute atomic E-state index is 13.2. The lowest BCUT2D eigenvalue weighted by Gasteiger charge is -2.46. The highest BCUT2D eigenvalue weighted by atomic mass is 16.5. The number of carbonyl (C=O) groups excluding carboxylic acids is 1. The summed E-state index contributed by atoms with van der Waals surface area (Å²) in [7, 11) is 4.97. The number of methoxy groups -OCH3 is 3. The van der Waals surface area contributed by atoms with Crippen LogP contribution in [0.1, 0.15) is 30.4 Å². The van der Waals surface area contributed by atoms with Crippen LogP contribution in [0.2, 0.25) is 0 Å². The molecular formula is C25H32N2O4. The summed E-state index contributed by atoms with van der Waals surface area (Å²) in [4.78, 5) is 15.6. The van der Waals surface area contributed by atoms with Gasteiger partial charge in [0.15, 0.2) is 11.5 Å². The highest BCUT2D eigenvalue weighted by Crippen LogP contribution is 2.40. The Balaban J connectivity index is 1.43. The Hall–Kier alpha value is -2.89. The molecule has 2 heterocycles. The molecule has 0 unspecified atom stereocenters. The highest BCUT2D eigenvalue weighted by molar-refractivity contribution is 5.82. The van der Waals surface area contributed by atoms with Crippen LogP contribution in [-0.4, -0.2) is 46.4 Å². The first kappa shape index (κ1) is 21.3. The predicted molar refractivity (Wildman–Crippen MR) is 121 cm³/mol. The molecule has 2 aromatic carbocycles. The first-order chi connectivity index (χ1) is 15.1. The zero-order valence-corrected chi connectivity index (χ0v) is 18.6. The zero-order valence-electron chi connectivity index (χ0n) is 18.6. The summed E-state index contributed by atoms with van der Waals surface area (Å²) >= 11 is 0. The van der Waals surface area contributed by atoms with Gasteiger partial charge >= 0.3 is 0 Å². The minimum atomic E-state index is -0.0217. The van der Waals surface area contributed by atoms with Crippen LogP contribution in [0.25, 0.3) is 0 Å². The van der Waals surface area contributed by atoms with Gasteiger partial charge < -0.3 is 24.4 Å². The summed E-state index contributed by atoms with van der Waals surface area (Å²) in [5.41, 5.74) is 3.58. The molecule has 0 aromatic heterocycles. The van der Waals surface area contributed by atoms with Gasteiger partial charge in [0.05, 0.1) is 27.2 Å². The van der Waals surface area contributed by atoms with Crippen LogP contribution in [0.5, 0.6) is 17.2 Å². The molecule has 1 saturated heterocycles. The van der Waals surface area contributed by atoms with E-state index in [0.29, 0.717) is 18.0 Å². The van der Waals surface area contributed by atoms with E-state index >= 15 is 0 Å². The molecule has 0 aliphatic carbocycles. The molecule has 0 bridgehead atoms. The van der Waals surface area contributed by atoms with Gasteiger partial charge in [0.1, 0.15) is 5.75 Å². The Morgan fingerprint density at radius 2 is 1.87 bits per heavy atom. The van der Waals surface area contributed by atoms with E-state index in [9.17, 15) is 4.79 Å². The summed E-state index contributed by atoms with van der Waals surface area (Å²) in [5, 5.41) is 3.19. The first-order valence-electron chi connectivity index (χ1n) is 11.1. The maximum atomic E-state index is 13.2. The van der Waals surface area contributed by atoms with Crippen LogP contribution < -0.4 is 24.4 Å². The van der Waals surface area contributed by atoms with Crippen LogP contribution in [0.3, 0.4) is 0 Å². The summed E-state index contributed by atoms with van der Waals surface area (Å²) in [6, 6.07) is 12.4. The van der Waals surface area contributed by atoms with E-state index in [-0.39, 0.29) is 17.9 Å². The average Bonchev–Trinajstić information content (AvgIpc) is 2.82. The van der Waals surface area contributed by atoms with Crippen molar-refractivity contribution in [2.75, 3.05) is 39.3 Å². The van der Waals surface area contributed by atoms with Crippen molar-refractivity contribution >= 4 is 11.6 Å². The molecule has 2 atom stereocenters. The van der Waals surface area contributed by atoms with Crippen molar-refractivity contribution in [1.29, 1.82) is 0 Å². The SMILES string of the molecule is COc1ccc2c(c1)N1CCCC[C@@H]1[C@H](C(=O)NCCc1ccc(OC)c(OC)c1)C2. The van der Waals surface area contributed by atoms with Gasteiger partial charge in [-0.1, -0.05) is 12.1 Å². The van der Waals surface area contributed by atoms with E-state index in [1.165, 1.54) is 24.1 Å². The molecule has 0 spiro atoms. The Labute approximate surface area is 184 Å². The molecule has 166 valence electrons. The van der Waals surface area contributed by atoms with Crippen molar-refractivity contribution in [1.82, 2.24) is 5.32 Å². The molecule has 6 nitrogen and oxygen atoms in total. The van der Waals surface area contributed by atoms with E-state index in [1.807, 2.05) is 24.3 Å². The molecule has 4 rings (SSSR count). The van der Waals surface area contributed by atoms with E-state index in [4.69, 9.17) is 14.2 Å². The van der Waals surface area contributed by atoms with Gasteiger partial charge in [0.25, 0.3) is 0 Å². The molecule has 2 aromatic rings. The normalized spacial score (nSPS) is 19.8. The van der Waals surface area contributed by atoms with Crippen LogP contribution in [0, 0.1) is 5.92 Å². The first-order valence-corrected chi connectivity index (χ1v) is 11.1. The van der Waals surface area contributed by atoms with Gasteiger partial charge in [0.2, 0.25) is 5.91 Å². The largest absolute Gasteiger partial charge is 0.497 e. The second-order valence-electron chi connectivity index (χ2n) is 8.29. The maximum Gasteiger partial charge on any atom is 0.225 e. The van der Waals surface area contributed by atoms with Crippen molar-refractivity contribution in [3.8, 4) is 17.2 Å². The third kappa shape index (κ3) is 4.43. The number of ether oxygens (including phenoxy) is 3. The molecule has 1 N–H and O–H groups in total. The third-order valence-corrected chi connectivity index (χ3v) is 6.55. The van der Waals surface area contributed by atoms with Crippen molar-refractivity contribution in [3.63, 3.8) is 0 Å². The van der Waals surface area contributed by atoms with Gasteiger partial charge in [-0.05, 0) is 61.4 Å². The second kappa shape index (κ2) is 9.50. The molecular weight excluding hydrogens is 392 g/mol. The van der Waals surface area contributed by atoms with Crippen molar-refractivity contribution in [2.24, 2.45) is 5.92 Å². The van der Waals surface area contributed by atoms with Gasteiger partial charge in [-0.15, -0.1) is 0 Å². The van der Waals surface area contributed by atoms with Crippen LogP contribution >= 0.6 is 0 Å². The minimum absolute atomic E-state index is 0.0217. The molecule has 6 heteroatoms. The molecule has 0 radical (unpaired) electrons. The smallest absolute Gasteiger partial charge is 0.225 e. The van der Waals surface area contributed by atoms with Crippen molar-refractivity contribution < 1.29 is 19.0 Å². The van der Waals surface area contributed by atoms with Crippen LogP contribution in [0.4, 0.5) is 5.69 Å². The fraction of sp³-hybridized carbons (Fsp3) is 0.480. The number of hydrogen-bond acceptors (Lipinski definition) is 5. The highest BCUT2D eigenvalue weighted by Gasteiger charge is 2.39. The lowest BCUT2D eigenvalue weighted by Crippen LogP contribution is -2.53. The van der Waals surface area contributed by atoms with Crippen molar-refractivity contribution in [2.45, 2.75) is 38.1 Å². The van der Waals surface area contributed by atoms with Crippen molar-refractivity contribution in [3.05, 3.63) is 47.5 Å². The van der Waals surface area contributed by atoms with Crippen LogP contribution in [-0.2, 0) is 17.6 Å². The number of benzene rings is 2. The number of rotatable bonds is 7. The Kier molecular flexibility index (Phi) is 6.54. The lowest BCUT2D eigenvalue weighted by molar-refractivity contribution is -0.125. The second-order valence-corrected chi connectivity index (χ2v) is 8.29. The predicted octanol–water partition coefficient (Wildman–Crippen LogP) is 3.60. The Morgan fingerprint density at radius 3 is 2.65 bits per heavy atom. The summed E-state index contributed by atoms with van der Waals surface area (Å²) in [6.07, 6.45) is 4.94. The number of fused-ring (bicyclic) bond motifs is 3. The summed E-state index contributed by atoms with van der Waals surface area (Å²) in [6.45, 7) is 1.60. The summed E-state index contributed by atoms with van der Waals surface area (Å²) < 4.78 is 16.1. The molecule has 0 saturated carbocycles. The molecule has 31 heavy (non-hydrogen) atoms. The number of nitrogens with zero attached hydrogens (tertiary/aromatic N) is 1. The number of hydrogen-bond donors (Lipinski definition) is 1. The van der Waals surface area contributed by atoms with E-state index in [2.05, 4.69) is 22.3 Å². The quantitative estimate of drug-likeness (QED) is 0.736. The van der Waals surface area contributed by atoms with E-state index < -0.39 is 0 Å². The van der Waals surface area contributed by atoms with Crippen LogP contribution in [0.15, 0.2) is 36.4 Å². The molecule has 1 amide bonds. The molecule has 1 fully saturated rings. The van der Waals surface area contributed by atoms with E-state index in [1.54, 1.807) is 21.3 Å². The number of carbonyl (C=O) groups is 1. The molecule has 2 aliphatic rings. The van der Waals surface area contributed by atoms with Gasteiger partial charge in [-0.2, -0.15) is 0 Å². The zero-order chi connectivity index (χ0) is 21.8. The number of nitrogens with one attached hydrogen (secondary N) is 1. The van der Waals surface area contributed by atoms with Gasteiger partial charge in [0, 0.05) is 30.9 Å². The fourth-order valence-corrected chi connectivity index (χ4v) is 4.92. The Bertz CT molecular complexity index is 930. The van der Waals surface area contributed by atoms with E-state index in [0.717, 1.165) is 37.1 Å². The fourth-order valence-electron chi connectivity index (χ4n) is 4.92. The standard InChI is InChI=1S/C25H32N2O4/c1-29-19-9-8-18-15-20(21-6-4-5-13-27(21)22(18)16-19)25(28)26-12-11-17-7-10-23(30-2)24(14-17)31-3/h7-10,14,16,20-21H,4-6,11-13,15H2,1-3H3,(H,26,28)/t20-,21-/m1/s1. The number of piperidine rings is 1. The lowest BCUT2D eigenvalue weighted by atomic mass is 9.80. The topological polar surface area (TPSA) is 60.0 Å². The monoisotopic (exact) mass is 424 g/mol. The average molecular weight is 425 g/mol. The minimum Gasteiger partial charge on any atom is -0.497 e. The summed E-state index contributed by atoms with van der Waals surface area (Å²) in [5.74, 6) is 2.43. The number of anilines is 1. The number of amides is 1. The van der Waals surface area contributed by atoms with Gasteiger partial charge in [-0.25, -0.2) is 0 Å². The van der Waals surface area contributed by atoms with Gasteiger partial charge in [-0.3, -0.25) is 4.79 Å².